The van der Waals surface area contributed by atoms with Gasteiger partial charge in [0, 0.05) is 18.3 Å². The van der Waals surface area contributed by atoms with Gasteiger partial charge in [0.1, 0.15) is 0 Å². The molecule has 0 aliphatic heterocycles. The third kappa shape index (κ3) is 2.50. The maximum absolute atomic E-state index is 3.35. The van der Waals surface area contributed by atoms with Crippen molar-refractivity contribution in [3.63, 3.8) is 0 Å². The van der Waals surface area contributed by atoms with E-state index in [0.717, 1.165) is 6.42 Å². The SMILES string of the molecule is CN/C1=C/CC(C)C/C(C)=C(/C)c2ccccc21. The van der Waals surface area contributed by atoms with Crippen molar-refractivity contribution in [2.75, 3.05) is 7.05 Å². The van der Waals surface area contributed by atoms with Gasteiger partial charge in [-0.15, -0.1) is 0 Å². The third-order valence-corrected chi connectivity index (χ3v) is 3.91. The minimum atomic E-state index is 0.706. The van der Waals surface area contributed by atoms with Crippen molar-refractivity contribution in [3.05, 3.63) is 47.0 Å². The molecule has 0 aromatic heterocycles. The smallest absolute Gasteiger partial charge is 0.0376 e. The van der Waals surface area contributed by atoms with Gasteiger partial charge in [0.25, 0.3) is 0 Å². The van der Waals surface area contributed by atoms with E-state index < -0.39 is 0 Å². The summed E-state index contributed by atoms with van der Waals surface area (Å²) in [5.74, 6) is 0.706. The van der Waals surface area contributed by atoms with Crippen LogP contribution >= 0.6 is 0 Å². The Morgan fingerprint density at radius 1 is 1.11 bits per heavy atom. The second-order valence-electron chi connectivity index (χ2n) is 5.36. The average molecular weight is 241 g/mol. The zero-order valence-corrected chi connectivity index (χ0v) is 11.9. The Morgan fingerprint density at radius 3 is 2.44 bits per heavy atom. The number of nitrogens with one attached hydrogen (secondary N) is 1. The molecule has 0 saturated carbocycles. The van der Waals surface area contributed by atoms with E-state index in [4.69, 9.17) is 0 Å². The monoisotopic (exact) mass is 241 g/mol. The summed E-state index contributed by atoms with van der Waals surface area (Å²) in [4.78, 5) is 0. The van der Waals surface area contributed by atoms with Crippen LogP contribution in [0.3, 0.4) is 0 Å². The molecule has 1 atom stereocenters. The number of allylic oxidation sites excluding steroid dienone is 3. The lowest BCUT2D eigenvalue weighted by atomic mass is 9.93. The Morgan fingerprint density at radius 2 is 1.78 bits per heavy atom. The zero-order valence-electron chi connectivity index (χ0n) is 11.9. The lowest BCUT2D eigenvalue weighted by molar-refractivity contribution is 0.587. The molecular formula is C17H23N. The van der Waals surface area contributed by atoms with Crippen molar-refractivity contribution in [1.29, 1.82) is 0 Å². The van der Waals surface area contributed by atoms with Gasteiger partial charge in [-0.3, -0.25) is 0 Å². The van der Waals surface area contributed by atoms with Gasteiger partial charge in [0.05, 0.1) is 0 Å². The molecule has 96 valence electrons. The first kappa shape index (κ1) is 12.9. The van der Waals surface area contributed by atoms with Crippen molar-refractivity contribution < 1.29 is 0 Å². The molecule has 1 aliphatic carbocycles. The molecule has 1 N–H and O–H groups in total. The second kappa shape index (κ2) is 5.43. The molecule has 0 radical (unpaired) electrons. The summed E-state index contributed by atoms with van der Waals surface area (Å²) in [7, 11) is 2.01. The molecule has 18 heavy (non-hydrogen) atoms. The van der Waals surface area contributed by atoms with Gasteiger partial charge < -0.3 is 5.32 Å². The van der Waals surface area contributed by atoms with E-state index in [-0.39, 0.29) is 0 Å². The van der Waals surface area contributed by atoms with Crippen molar-refractivity contribution in [2.45, 2.75) is 33.6 Å². The van der Waals surface area contributed by atoms with Crippen LogP contribution in [0.25, 0.3) is 11.3 Å². The first-order valence-corrected chi connectivity index (χ1v) is 6.77. The van der Waals surface area contributed by atoms with Crippen molar-refractivity contribution in [1.82, 2.24) is 5.32 Å². The first-order valence-electron chi connectivity index (χ1n) is 6.77. The van der Waals surface area contributed by atoms with Crippen LogP contribution in [-0.4, -0.2) is 7.05 Å². The zero-order chi connectivity index (χ0) is 13.1. The summed E-state index contributed by atoms with van der Waals surface area (Å²) in [6, 6.07) is 8.69. The van der Waals surface area contributed by atoms with Crippen molar-refractivity contribution in [2.24, 2.45) is 5.92 Å². The fourth-order valence-corrected chi connectivity index (χ4v) is 2.70. The van der Waals surface area contributed by atoms with Crippen LogP contribution in [0.5, 0.6) is 0 Å². The van der Waals surface area contributed by atoms with Gasteiger partial charge in [-0.05, 0) is 43.7 Å². The highest BCUT2D eigenvalue weighted by Crippen LogP contribution is 2.31. The number of benzene rings is 1. The van der Waals surface area contributed by atoms with E-state index in [1.165, 1.54) is 34.4 Å². The molecule has 1 aromatic carbocycles. The molecule has 1 aromatic rings. The van der Waals surface area contributed by atoms with E-state index in [1.54, 1.807) is 0 Å². The van der Waals surface area contributed by atoms with Crippen LogP contribution in [0.4, 0.5) is 0 Å². The van der Waals surface area contributed by atoms with E-state index in [0.29, 0.717) is 5.92 Å². The van der Waals surface area contributed by atoms with Crippen molar-refractivity contribution in [3.8, 4) is 0 Å². The standard InChI is InChI=1S/C17H23N/c1-12-9-10-17(18-4)16-8-6-5-7-15(16)14(3)13(2)11-12/h5-8,10,12,18H,9,11H2,1-4H3/b14-13-,17-10+. The summed E-state index contributed by atoms with van der Waals surface area (Å²) < 4.78 is 0. The predicted octanol–water partition coefficient (Wildman–Crippen LogP) is 4.47. The number of rotatable bonds is 1. The van der Waals surface area contributed by atoms with Gasteiger partial charge in [-0.2, -0.15) is 0 Å². The number of hydrogen-bond acceptors (Lipinski definition) is 1. The first-order chi connectivity index (χ1) is 8.63. The van der Waals surface area contributed by atoms with E-state index in [1.807, 2.05) is 7.05 Å². The van der Waals surface area contributed by atoms with Gasteiger partial charge >= 0.3 is 0 Å². The van der Waals surface area contributed by atoms with Gasteiger partial charge in [0.2, 0.25) is 0 Å². The second-order valence-corrected chi connectivity index (χ2v) is 5.36. The summed E-state index contributed by atoms with van der Waals surface area (Å²) in [6.45, 7) is 6.85. The lowest BCUT2D eigenvalue weighted by Gasteiger charge is -2.14. The van der Waals surface area contributed by atoms with Crippen LogP contribution in [0.2, 0.25) is 0 Å². The normalized spacial score (nSPS) is 27.3. The molecule has 1 unspecified atom stereocenters. The predicted molar refractivity (Wildman–Crippen MR) is 80.1 cm³/mol. The maximum atomic E-state index is 3.35. The fraction of sp³-hybridized carbons (Fsp3) is 0.412. The molecule has 0 saturated heterocycles. The molecule has 1 nitrogen and oxygen atoms in total. The molecule has 0 spiro atoms. The molecule has 1 aliphatic rings. The molecule has 0 amide bonds. The van der Waals surface area contributed by atoms with Crippen molar-refractivity contribution >= 4 is 11.3 Å². The van der Waals surface area contributed by atoms with Crippen LogP contribution in [0, 0.1) is 5.92 Å². The van der Waals surface area contributed by atoms with Crippen LogP contribution in [-0.2, 0) is 0 Å². The molecule has 2 rings (SSSR count). The third-order valence-electron chi connectivity index (χ3n) is 3.91. The van der Waals surface area contributed by atoms with Crippen LogP contribution in [0.1, 0.15) is 44.7 Å². The minimum absolute atomic E-state index is 0.706. The Kier molecular flexibility index (Phi) is 3.90. The molecule has 0 bridgehead atoms. The van der Waals surface area contributed by atoms with E-state index >= 15 is 0 Å². The molecule has 0 fully saturated rings. The fourth-order valence-electron chi connectivity index (χ4n) is 2.70. The average Bonchev–Trinajstić information content (AvgIpc) is 2.42. The maximum Gasteiger partial charge on any atom is 0.0376 e. The highest BCUT2D eigenvalue weighted by molar-refractivity contribution is 5.79. The highest BCUT2D eigenvalue weighted by Gasteiger charge is 2.13. The topological polar surface area (TPSA) is 12.0 Å². The van der Waals surface area contributed by atoms with E-state index in [9.17, 15) is 0 Å². The van der Waals surface area contributed by atoms with Gasteiger partial charge in [0.15, 0.2) is 0 Å². The van der Waals surface area contributed by atoms with Gasteiger partial charge in [-0.1, -0.05) is 42.8 Å². The van der Waals surface area contributed by atoms with Crippen LogP contribution < -0.4 is 5.32 Å². The lowest BCUT2D eigenvalue weighted by Crippen LogP contribution is -2.06. The summed E-state index contributed by atoms with van der Waals surface area (Å²) in [5, 5.41) is 3.35. The Balaban J connectivity index is 2.62. The number of hydrogen-bond donors (Lipinski definition) is 1. The Labute approximate surface area is 111 Å². The molecule has 1 heteroatoms. The molecule has 0 heterocycles. The minimum Gasteiger partial charge on any atom is -0.388 e. The Bertz CT molecular complexity index is 494. The quantitative estimate of drug-likeness (QED) is 0.765. The largest absolute Gasteiger partial charge is 0.388 e. The van der Waals surface area contributed by atoms with E-state index in [2.05, 4.69) is 56.4 Å². The summed E-state index contributed by atoms with van der Waals surface area (Å²) >= 11 is 0. The Hall–Kier alpha value is -1.50. The summed E-state index contributed by atoms with van der Waals surface area (Å²) in [6.07, 6.45) is 4.66. The van der Waals surface area contributed by atoms with Crippen LogP contribution in [0.15, 0.2) is 35.9 Å². The molecular weight excluding hydrogens is 218 g/mol. The highest BCUT2D eigenvalue weighted by atomic mass is 14.8. The summed E-state index contributed by atoms with van der Waals surface area (Å²) in [5.41, 5.74) is 6.89. The van der Waals surface area contributed by atoms with Gasteiger partial charge in [-0.25, -0.2) is 0 Å². The number of fused-ring (bicyclic) bond motifs is 1.